The normalized spacial score (nSPS) is 10.7. The lowest BCUT2D eigenvalue weighted by Gasteiger charge is -2.14. The molecular weight excluding hydrogens is 368 g/mol. The number of nitrogens with zero attached hydrogens (tertiary/aromatic N) is 1. The van der Waals surface area contributed by atoms with Crippen molar-refractivity contribution < 1.29 is 13.5 Å². The van der Waals surface area contributed by atoms with E-state index in [1.807, 2.05) is 6.92 Å². The Morgan fingerprint density at radius 1 is 1.35 bits per heavy atom. The van der Waals surface area contributed by atoms with Crippen molar-refractivity contribution in [3.63, 3.8) is 0 Å². The molecular formula is C17H16BrF2NO2. The van der Waals surface area contributed by atoms with E-state index in [1.165, 1.54) is 6.07 Å². The fourth-order valence-corrected chi connectivity index (χ4v) is 2.52. The Hall–Kier alpha value is -1.95. The number of halogens is 3. The van der Waals surface area contributed by atoms with Crippen molar-refractivity contribution in [2.45, 2.75) is 27.0 Å². The zero-order valence-electron chi connectivity index (χ0n) is 12.8. The van der Waals surface area contributed by atoms with Crippen LogP contribution in [0.4, 0.5) is 8.78 Å². The minimum absolute atomic E-state index is 0.103. The second-order valence-corrected chi connectivity index (χ2v) is 6.13. The monoisotopic (exact) mass is 383 g/mol. The van der Waals surface area contributed by atoms with Crippen LogP contribution in [0.3, 0.4) is 0 Å². The van der Waals surface area contributed by atoms with Crippen molar-refractivity contribution >= 4 is 15.9 Å². The van der Waals surface area contributed by atoms with Gasteiger partial charge in [-0.05, 0) is 41.9 Å². The summed E-state index contributed by atoms with van der Waals surface area (Å²) >= 11 is 3.22. The van der Waals surface area contributed by atoms with Crippen LogP contribution in [0.1, 0.15) is 18.2 Å². The molecule has 0 unspecified atom stereocenters. The maximum Gasteiger partial charge on any atom is 0.269 e. The highest BCUT2D eigenvalue weighted by atomic mass is 79.9. The van der Waals surface area contributed by atoms with Gasteiger partial charge in [0.1, 0.15) is 28.5 Å². The van der Waals surface area contributed by atoms with Crippen molar-refractivity contribution in [2.75, 3.05) is 0 Å². The topological polar surface area (TPSA) is 31.2 Å². The molecule has 0 aliphatic carbocycles. The first-order chi connectivity index (χ1) is 10.8. The van der Waals surface area contributed by atoms with Crippen LogP contribution in [-0.4, -0.2) is 4.57 Å². The Morgan fingerprint density at radius 2 is 2.04 bits per heavy atom. The molecule has 3 nitrogen and oxygen atoms in total. The predicted octanol–water partition coefficient (Wildman–Crippen LogP) is 4.35. The molecule has 1 heterocycles. The second-order valence-electron chi connectivity index (χ2n) is 5.34. The van der Waals surface area contributed by atoms with Crippen molar-refractivity contribution in [3.8, 4) is 5.75 Å². The van der Waals surface area contributed by atoms with Gasteiger partial charge in [0.15, 0.2) is 0 Å². The van der Waals surface area contributed by atoms with Crippen LogP contribution >= 0.6 is 15.9 Å². The number of pyridine rings is 1. The molecule has 2 aromatic rings. The van der Waals surface area contributed by atoms with Crippen LogP contribution in [0, 0.1) is 18.6 Å². The number of allylic oxidation sites excluding steroid dienone is 1. The van der Waals surface area contributed by atoms with E-state index >= 15 is 0 Å². The number of aromatic nitrogens is 1. The number of rotatable bonds is 5. The molecule has 0 spiro atoms. The fraction of sp³-hybridized carbons (Fsp3) is 0.235. The van der Waals surface area contributed by atoms with Gasteiger partial charge in [-0.15, -0.1) is 0 Å². The van der Waals surface area contributed by atoms with Crippen LogP contribution in [0.2, 0.25) is 0 Å². The van der Waals surface area contributed by atoms with Gasteiger partial charge in [0.05, 0.1) is 0 Å². The third kappa shape index (κ3) is 4.07. The average Bonchev–Trinajstić information content (AvgIpc) is 2.47. The van der Waals surface area contributed by atoms with E-state index in [9.17, 15) is 13.6 Å². The molecule has 0 amide bonds. The molecule has 0 N–H and O–H groups in total. The Morgan fingerprint density at radius 3 is 2.65 bits per heavy atom. The number of ether oxygens (including phenoxy) is 1. The van der Waals surface area contributed by atoms with Crippen LogP contribution in [-0.2, 0) is 13.2 Å². The molecule has 0 saturated carbocycles. The summed E-state index contributed by atoms with van der Waals surface area (Å²) in [5, 5.41) is 0. The largest absolute Gasteiger partial charge is 0.487 e. The van der Waals surface area contributed by atoms with E-state index in [-0.39, 0.29) is 22.2 Å². The van der Waals surface area contributed by atoms with Crippen LogP contribution < -0.4 is 10.3 Å². The van der Waals surface area contributed by atoms with Crippen LogP contribution in [0.5, 0.6) is 5.75 Å². The maximum atomic E-state index is 13.6. The minimum atomic E-state index is -0.687. The number of hydrogen-bond donors (Lipinski definition) is 0. The predicted molar refractivity (Wildman–Crippen MR) is 88.6 cm³/mol. The minimum Gasteiger partial charge on any atom is -0.487 e. The van der Waals surface area contributed by atoms with Gasteiger partial charge in [0.2, 0.25) is 0 Å². The van der Waals surface area contributed by atoms with Crippen molar-refractivity contribution in [3.05, 3.63) is 74.1 Å². The summed E-state index contributed by atoms with van der Waals surface area (Å²) in [5.41, 5.74) is 1.52. The van der Waals surface area contributed by atoms with Gasteiger partial charge in [-0.2, -0.15) is 0 Å². The first kappa shape index (κ1) is 17.4. The van der Waals surface area contributed by atoms with E-state index in [1.54, 1.807) is 17.6 Å². The van der Waals surface area contributed by atoms with Gasteiger partial charge in [0, 0.05) is 29.9 Å². The molecule has 0 aliphatic heterocycles. The Balaban J connectivity index is 2.27. The van der Waals surface area contributed by atoms with E-state index in [0.29, 0.717) is 18.0 Å². The summed E-state index contributed by atoms with van der Waals surface area (Å²) in [6.45, 7) is 7.72. The van der Waals surface area contributed by atoms with Gasteiger partial charge < -0.3 is 9.30 Å². The van der Waals surface area contributed by atoms with Gasteiger partial charge in [-0.25, -0.2) is 8.78 Å². The highest BCUT2D eigenvalue weighted by Crippen LogP contribution is 2.24. The van der Waals surface area contributed by atoms with E-state index in [0.717, 1.165) is 17.7 Å². The first-order valence-corrected chi connectivity index (χ1v) is 7.70. The Kier molecular flexibility index (Phi) is 5.36. The second kappa shape index (κ2) is 7.08. The van der Waals surface area contributed by atoms with Crippen molar-refractivity contribution in [1.82, 2.24) is 4.57 Å². The Bertz CT molecular complexity index is 815. The summed E-state index contributed by atoms with van der Waals surface area (Å²) in [5.74, 6) is -1.02. The lowest BCUT2D eigenvalue weighted by atomic mass is 10.2. The fourth-order valence-electron chi connectivity index (χ4n) is 2.08. The summed E-state index contributed by atoms with van der Waals surface area (Å²) in [4.78, 5) is 12.3. The molecule has 0 aliphatic rings. The van der Waals surface area contributed by atoms with Gasteiger partial charge in [-0.1, -0.05) is 12.2 Å². The standard InChI is InChI=1S/C17H16BrF2NO2/c1-10(2)8-21-11(3)6-15(16(18)17(21)22)23-9-12-4-5-13(19)7-14(12)20/h4-7H,1,8-9H2,2-3H3. The number of aryl methyl sites for hydroxylation is 1. The molecule has 6 heteroatoms. The molecule has 122 valence electrons. The zero-order valence-corrected chi connectivity index (χ0v) is 14.4. The summed E-state index contributed by atoms with van der Waals surface area (Å²) in [6.07, 6.45) is 0. The van der Waals surface area contributed by atoms with Crippen molar-refractivity contribution in [1.29, 1.82) is 0 Å². The molecule has 0 fully saturated rings. The molecule has 1 aromatic heterocycles. The molecule has 0 atom stereocenters. The highest BCUT2D eigenvalue weighted by Gasteiger charge is 2.13. The van der Waals surface area contributed by atoms with Crippen molar-refractivity contribution in [2.24, 2.45) is 0 Å². The number of benzene rings is 1. The molecule has 0 bridgehead atoms. The third-order valence-electron chi connectivity index (χ3n) is 3.24. The first-order valence-electron chi connectivity index (χ1n) is 6.90. The summed E-state index contributed by atoms with van der Waals surface area (Å²) in [7, 11) is 0. The lowest BCUT2D eigenvalue weighted by Crippen LogP contribution is -2.24. The molecule has 1 aromatic carbocycles. The third-order valence-corrected chi connectivity index (χ3v) is 3.97. The maximum absolute atomic E-state index is 13.6. The van der Waals surface area contributed by atoms with Crippen LogP contribution in [0.25, 0.3) is 0 Å². The molecule has 0 radical (unpaired) electrons. The zero-order chi connectivity index (χ0) is 17.1. The SMILES string of the molecule is C=C(C)Cn1c(C)cc(OCc2ccc(F)cc2F)c(Br)c1=O. The van der Waals surface area contributed by atoms with Gasteiger partial charge >= 0.3 is 0 Å². The van der Waals surface area contributed by atoms with E-state index in [4.69, 9.17) is 4.74 Å². The van der Waals surface area contributed by atoms with E-state index < -0.39 is 11.6 Å². The molecule has 23 heavy (non-hydrogen) atoms. The van der Waals surface area contributed by atoms with E-state index in [2.05, 4.69) is 22.5 Å². The smallest absolute Gasteiger partial charge is 0.269 e. The molecule has 2 rings (SSSR count). The quantitative estimate of drug-likeness (QED) is 0.718. The highest BCUT2D eigenvalue weighted by molar-refractivity contribution is 9.10. The van der Waals surface area contributed by atoms with Gasteiger partial charge in [-0.3, -0.25) is 4.79 Å². The summed E-state index contributed by atoms with van der Waals surface area (Å²) in [6, 6.07) is 4.96. The molecule has 0 saturated heterocycles. The average molecular weight is 384 g/mol. The van der Waals surface area contributed by atoms with Crippen LogP contribution in [0.15, 0.2) is 45.7 Å². The number of hydrogen-bond acceptors (Lipinski definition) is 2. The Labute approximate surface area is 141 Å². The lowest BCUT2D eigenvalue weighted by molar-refractivity contribution is 0.295. The van der Waals surface area contributed by atoms with Gasteiger partial charge in [0.25, 0.3) is 5.56 Å². The summed E-state index contributed by atoms with van der Waals surface area (Å²) < 4.78 is 33.8.